The molecule has 0 atom stereocenters. The van der Waals surface area contributed by atoms with Crippen molar-refractivity contribution in [3.05, 3.63) is 59.2 Å². The minimum Gasteiger partial charge on any atom is -0.454 e. The molecule has 0 aliphatic carbocycles. The van der Waals surface area contributed by atoms with Crippen LogP contribution in [0.5, 0.6) is 11.5 Å². The van der Waals surface area contributed by atoms with Gasteiger partial charge in [-0.1, -0.05) is 19.9 Å². The third kappa shape index (κ3) is 4.36. The molecule has 0 aromatic heterocycles. The van der Waals surface area contributed by atoms with Gasteiger partial charge in [-0.25, -0.2) is 8.78 Å². The van der Waals surface area contributed by atoms with E-state index in [-0.39, 0.29) is 5.75 Å². The Bertz CT molecular complexity index is 530. The Morgan fingerprint density at radius 1 is 0.842 bits per heavy atom. The van der Waals surface area contributed by atoms with E-state index in [1.54, 1.807) is 26.0 Å². The zero-order chi connectivity index (χ0) is 14.4. The molecule has 0 saturated carbocycles. The number of halogens is 2. The molecule has 0 unspecified atom stereocenters. The smallest absolute Gasteiger partial charge is 0.165 e. The van der Waals surface area contributed by atoms with E-state index < -0.39 is 11.6 Å². The van der Waals surface area contributed by atoms with Crippen molar-refractivity contribution in [2.45, 2.75) is 27.7 Å². The molecule has 0 amide bonds. The quantitative estimate of drug-likeness (QED) is 0.705. The summed E-state index contributed by atoms with van der Waals surface area (Å²) in [6.45, 7) is 7.54. The molecule has 0 aliphatic heterocycles. The van der Waals surface area contributed by atoms with Crippen molar-refractivity contribution in [3.8, 4) is 11.5 Å². The van der Waals surface area contributed by atoms with E-state index >= 15 is 0 Å². The maximum absolute atomic E-state index is 13.5. The summed E-state index contributed by atoms with van der Waals surface area (Å²) >= 11 is 0. The topological polar surface area (TPSA) is 9.23 Å². The van der Waals surface area contributed by atoms with E-state index in [4.69, 9.17) is 4.74 Å². The van der Waals surface area contributed by atoms with E-state index in [1.165, 1.54) is 24.3 Å². The van der Waals surface area contributed by atoms with Crippen LogP contribution in [0.1, 0.15) is 25.0 Å². The van der Waals surface area contributed by atoms with Gasteiger partial charge in [0.2, 0.25) is 0 Å². The van der Waals surface area contributed by atoms with Gasteiger partial charge in [-0.15, -0.1) is 0 Å². The van der Waals surface area contributed by atoms with Crippen LogP contribution in [0.4, 0.5) is 8.78 Å². The normalized spacial score (nSPS) is 9.58. The standard InChI is InChI=1S/C14H12F2O.C2H6/c1-9-3-4-14(13(16)7-9)17-12-6-10(2)5-11(15)8-12;1-2/h3-8H,1-2H3;1-2H3. The summed E-state index contributed by atoms with van der Waals surface area (Å²) in [5.41, 5.74) is 1.54. The summed E-state index contributed by atoms with van der Waals surface area (Å²) in [6, 6.07) is 8.92. The highest BCUT2D eigenvalue weighted by Gasteiger charge is 2.06. The molecule has 0 aliphatic rings. The molecular weight excluding hydrogens is 246 g/mol. The molecular formula is C16H18F2O. The first kappa shape index (κ1) is 15.2. The molecule has 0 N–H and O–H groups in total. The zero-order valence-corrected chi connectivity index (χ0v) is 11.6. The van der Waals surface area contributed by atoms with Crippen LogP contribution in [-0.4, -0.2) is 0 Å². The molecule has 102 valence electrons. The predicted octanol–water partition coefficient (Wildman–Crippen LogP) is 5.40. The molecule has 0 bridgehead atoms. The molecule has 1 nitrogen and oxygen atoms in total. The van der Waals surface area contributed by atoms with Crippen LogP contribution in [0.25, 0.3) is 0 Å². The van der Waals surface area contributed by atoms with Gasteiger partial charge in [0.25, 0.3) is 0 Å². The first-order valence-corrected chi connectivity index (χ1v) is 6.26. The van der Waals surface area contributed by atoms with Gasteiger partial charge in [-0.05, 0) is 49.2 Å². The van der Waals surface area contributed by atoms with E-state index in [0.29, 0.717) is 5.75 Å². The Hall–Kier alpha value is -1.90. The summed E-state index contributed by atoms with van der Waals surface area (Å²) < 4.78 is 32.0. The van der Waals surface area contributed by atoms with Crippen LogP contribution in [0.3, 0.4) is 0 Å². The molecule has 2 aromatic rings. The van der Waals surface area contributed by atoms with Gasteiger partial charge >= 0.3 is 0 Å². The third-order valence-electron chi connectivity index (χ3n) is 2.33. The molecule has 2 rings (SSSR count). The lowest BCUT2D eigenvalue weighted by molar-refractivity contribution is 0.438. The van der Waals surface area contributed by atoms with Crippen molar-refractivity contribution in [2.24, 2.45) is 0 Å². The van der Waals surface area contributed by atoms with Gasteiger partial charge in [-0.2, -0.15) is 0 Å². The van der Waals surface area contributed by atoms with Crippen molar-refractivity contribution in [1.82, 2.24) is 0 Å². The van der Waals surface area contributed by atoms with Crippen molar-refractivity contribution in [3.63, 3.8) is 0 Å². The second kappa shape index (κ2) is 6.88. The van der Waals surface area contributed by atoms with Gasteiger partial charge in [-0.3, -0.25) is 0 Å². The highest BCUT2D eigenvalue weighted by atomic mass is 19.1. The van der Waals surface area contributed by atoms with E-state index in [9.17, 15) is 8.78 Å². The van der Waals surface area contributed by atoms with Crippen molar-refractivity contribution in [2.75, 3.05) is 0 Å². The number of hydrogen-bond donors (Lipinski definition) is 0. The maximum atomic E-state index is 13.5. The lowest BCUT2D eigenvalue weighted by Gasteiger charge is -2.08. The number of benzene rings is 2. The molecule has 19 heavy (non-hydrogen) atoms. The lowest BCUT2D eigenvalue weighted by atomic mass is 10.2. The summed E-state index contributed by atoms with van der Waals surface area (Å²) in [5.74, 6) is -0.453. The summed E-state index contributed by atoms with van der Waals surface area (Å²) in [7, 11) is 0. The summed E-state index contributed by atoms with van der Waals surface area (Å²) in [6.07, 6.45) is 0. The Morgan fingerprint density at radius 3 is 2.11 bits per heavy atom. The second-order valence-corrected chi connectivity index (χ2v) is 4.00. The Balaban J connectivity index is 0.000000861. The van der Waals surface area contributed by atoms with Crippen molar-refractivity contribution in [1.29, 1.82) is 0 Å². The van der Waals surface area contributed by atoms with Crippen LogP contribution in [0, 0.1) is 25.5 Å². The average Bonchev–Trinajstić information content (AvgIpc) is 2.34. The molecule has 0 spiro atoms. The highest BCUT2D eigenvalue weighted by molar-refractivity contribution is 5.36. The van der Waals surface area contributed by atoms with Gasteiger partial charge < -0.3 is 4.74 Å². The van der Waals surface area contributed by atoms with Crippen LogP contribution >= 0.6 is 0 Å². The summed E-state index contributed by atoms with van der Waals surface area (Å²) in [5, 5.41) is 0. The zero-order valence-electron chi connectivity index (χ0n) is 11.6. The summed E-state index contributed by atoms with van der Waals surface area (Å²) in [4.78, 5) is 0. The van der Waals surface area contributed by atoms with Gasteiger partial charge in [0.15, 0.2) is 11.6 Å². The lowest BCUT2D eigenvalue weighted by Crippen LogP contribution is -1.90. The van der Waals surface area contributed by atoms with Gasteiger partial charge in [0, 0.05) is 6.07 Å². The van der Waals surface area contributed by atoms with Crippen LogP contribution < -0.4 is 4.74 Å². The second-order valence-electron chi connectivity index (χ2n) is 4.00. The first-order chi connectivity index (χ1) is 9.04. The van der Waals surface area contributed by atoms with Crippen LogP contribution in [-0.2, 0) is 0 Å². The number of hydrogen-bond acceptors (Lipinski definition) is 1. The predicted molar refractivity (Wildman–Crippen MR) is 73.7 cm³/mol. The number of aryl methyl sites for hydroxylation is 2. The Kier molecular flexibility index (Phi) is 5.49. The van der Waals surface area contributed by atoms with Crippen LogP contribution in [0.2, 0.25) is 0 Å². The van der Waals surface area contributed by atoms with Crippen LogP contribution in [0.15, 0.2) is 36.4 Å². The monoisotopic (exact) mass is 264 g/mol. The van der Waals surface area contributed by atoms with Crippen molar-refractivity contribution < 1.29 is 13.5 Å². The van der Waals surface area contributed by atoms with Gasteiger partial charge in [0.05, 0.1) is 0 Å². The van der Waals surface area contributed by atoms with E-state index in [1.807, 2.05) is 13.8 Å². The first-order valence-electron chi connectivity index (χ1n) is 6.26. The Labute approximate surface area is 112 Å². The van der Waals surface area contributed by atoms with E-state index in [0.717, 1.165) is 11.1 Å². The molecule has 0 radical (unpaired) electrons. The maximum Gasteiger partial charge on any atom is 0.165 e. The SMILES string of the molecule is CC.Cc1cc(F)cc(Oc2ccc(C)cc2F)c1. The average molecular weight is 264 g/mol. The van der Waals surface area contributed by atoms with E-state index in [2.05, 4.69) is 0 Å². The minimum absolute atomic E-state index is 0.0978. The fraction of sp³-hybridized carbons (Fsp3) is 0.250. The molecule has 0 heterocycles. The molecule has 2 aromatic carbocycles. The highest BCUT2D eigenvalue weighted by Crippen LogP contribution is 2.26. The molecule has 0 fully saturated rings. The number of ether oxygens (including phenoxy) is 1. The third-order valence-corrected chi connectivity index (χ3v) is 2.33. The fourth-order valence-electron chi connectivity index (χ4n) is 1.58. The largest absolute Gasteiger partial charge is 0.454 e. The molecule has 3 heteroatoms. The molecule has 0 saturated heterocycles. The number of rotatable bonds is 2. The minimum atomic E-state index is -0.452. The fourth-order valence-corrected chi connectivity index (χ4v) is 1.58. The van der Waals surface area contributed by atoms with Crippen molar-refractivity contribution >= 4 is 0 Å². The van der Waals surface area contributed by atoms with Gasteiger partial charge in [0.1, 0.15) is 11.6 Å². The Morgan fingerprint density at radius 2 is 1.53 bits per heavy atom.